The van der Waals surface area contributed by atoms with Crippen LogP contribution in [0, 0.1) is 0 Å². The van der Waals surface area contributed by atoms with Crippen molar-refractivity contribution in [3.05, 3.63) is 58.6 Å². The number of benzene rings is 2. The lowest BCUT2D eigenvalue weighted by Crippen LogP contribution is -2.10. The predicted molar refractivity (Wildman–Crippen MR) is 101 cm³/mol. The second kappa shape index (κ2) is 9.73. The molecule has 0 atom stereocenters. The van der Waals surface area contributed by atoms with Gasteiger partial charge in [-0.1, -0.05) is 30.7 Å². The Morgan fingerprint density at radius 1 is 1.15 bits per heavy atom. The standard InChI is InChI=1S/C20H21ClO5/c1-3-14-4-7-16(8-5-14)25-10-11-26-20-17(21)12-15(6-9-19(22)23)13-18(20)24-2/h4-9,12-13H,3,10-11H2,1-2H3,(H,22,23). The molecule has 2 aromatic rings. The topological polar surface area (TPSA) is 65.0 Å². The summed E-state index contributed by atoms with van der Waals surface area (Å²) in [5, 5.41) is 9.04. The molecule has 0 aliphatic carbocycles. The average Bonchev–Trinajstić information content (AvgIpc) is 2.64. The first-order chi connectivity index (χ1) is 12.5. The van der Waals surface area contributed by atoms with Gasteiger partial charge in [-0.2, -0.15) is 0 Å². The van der Waals surface area contributed by atoms with Crippen LogP contribution in [0.1, 0.15) is 18.1 Å². The van der Waals surface area contributed by atoms with E-state index in [0.29, 0.717) is 28.7 Å². The molecule has 0 heterocycles. The lowest BCUT2D eigenvalue weighted by Gasteiger charge is -2.14. The van der Waals surface area contributed by atoms with Crippen LogP contribution < -0.4 is 14.2 Å². The third kappa shape index (κ3) is 5.70. The number of aliphatic carboxylic acids is 1. The Balaban J connectivity index is 1.96. The molecule has 0 spiro atoms. The van der Waals surface area contributed by atoms with E-state index in [9.17, 15) is 4.79 Å². The van der Waals surface area contributed by atoms with Gasteiger partial charge in [0.05, 0.1) is 12.1 Å². The van der Waals surface area contributed by atoms with Crippen LogP contribution in [0.2, 0.25) is 5.02 Å². The molecule has 5 nitrogen and oxygen atoms in total. The first kappa shape index (κ1) is 19.7. The van der Waals surface area contributed by atoms with Gasteiger partial charge >= 0.3 is 5.97 Å². The maximum Gasteiger partial charge on any atom is 0.328 e. The number of ether oxygens (including phenoxy) is 3. The van der Waals surface area contributed by atoms with E-state index < -0.39 is 5.97 Å². The molecule has 0 saturated heterocycles. The Morgan fingerprint density at radius 3 is 2.46 bits per heavy atom. The van der Waals surface area contributed by atoms with Crippen molar-refractivity contribution in [2.75, 3.05) is 20.3 Å². The third-order valence-corrected chi connectivity index (χ3v) is 3.88. The Labute approximate surface area is 157 Å². The maximum absolute atomic E-state index is 10.6. The second-order valence-electron chi connectivity index (χ2n) is 5.40. The van der Waals surface area contributed by atoms with Crippen molar-refractivity contribution in [1.82, 2.24) is 0 Å². The smallest absolute Gasteiger partial charge is 0.328 e. The average molecular weight is 377 g/mol. The number of rotatable bonds is 9. The van der Waals surface area contributed by atoms with E-state index in [-0.39, 0.29) is 6.61 Å². The van der Waals surface area contributed by atoms with Crippen molar-refractivity contribution in [3.63, 3.8) is 0 Å². The highest BCUT2D eigenvalue weighted by Gasteiger charge is 2.11. The first-order valence-electron chi connectivity index (χ1n) is 8.16. The highest BCUT2D eigenvalue weighted by Crippen LogP contribution is 2.36. The lowest BCUT2D eigenvalue weighted by atomic mass is 10.2. The molecule has 0 bridgehead atoms. The molecule has 6 heteroatoms. The zero-order valence-electron chi connectivity index (χ0n) is 14.7. The van der Waals surface area contributed by atoms with Crippen LogP contribution in [-0.4, -0.2) is 31.4 Å². The van der Waals surface area contributed by atoms with Crippen LogP contribution in [-0.2, 0) is 11.2 Å². The van der Waals surface area contributed by atoms with Crippen molar-refractivity contribution in [3.8, 4) is 17.2 Å². The van der Waals surface area contributed by atoms with Gasteiger partial charge in [-0.15, -0.1) is 0 Å². The Bertz CT molecular complexity index is 769. The van der Waals surface area contributed by atoms with E-state index in [2.05, 4.69) is 6.92 Å². The summed E-state index contributed by atoms with van der Waals surface area (Å²) >= 11 is 6.23. The van der Waals surface area contributed by atoms with Crippen molar-refractivity contribution < 1.29 is 24.1 Å². The molecule has 2 aromatic carbocycles. The molecule has 0 amide bonds. The van der Waals surface area contributed by atoms with E-state index in [0.717, 1.165) is 18.2 Å². The SMILES string of the molecule is CCc1ccc(OCCOc2c(Cl)cc(C=CC(=O)O)cc2OC)cc1. The van der Waals surface area contributed by atoms with Gasteiger partial charge in [0, 0.05) is 6.08 Å². The first-order valence-corrected chi connectivity index (χ1v) is 8.54. The molecule has 0 radical (unpaired) electrons. The van der Waals surface area contributed by atoms with Gasteiger partial charge in [-0.05, 0) is 47.9 Å². The Morgan fingerprint density at radius 2 is 1.85 bits per heavy atom. The normalized spacial score (nSPS) is 10.7. The maximum atomic E-state index is 10.6. The molecule has 0 unspecified atom stereocenters. The highest BCUT2D eigenvalue weighted by atomic mass is 35.5. The third-order valence-electron chi connectivity index (χ3n) is 3.60. The van der Waals surface area contributed by atoms with Crippen molar-refractivity contribution in [2.45, 2.75) is 13.3 Å². The van der Waals surface area contributed by atoms with E-state index >= 15 is 0 Å². The summed E-state index contributed by atoms with van der Waals surface area (Å²) in [6, 6.07) is 11.2. The molecular formula is C20H21ClO5. The number of carbonyl (C=O) groups is 1. The van der Waals surface area contributed by atoms with Crippen molar-refractivity contribution >= 4 is 23.6 Å². The molecule has 0 aromatic heterocycles. The Hall–Kier alpha value is -2.66. The number of carboxylic acid groups (broad SMARTS) is 1. The number of aryl methyl sites for hydroxylation is 1. The number of hydrogen-bond donors (Lipinski definition) is 1. The molecule has 0 aliphatic rings. The molecule has 1 N–H and O–H groups in total. The predicted octanol–water partition coefficient (Wildman–Crippen LogP) is 4.47. The molecular weight excluding hydrogens is 356 g/mol. The van der Waals surface area contributed by atoms with Gasteiger partial charge in [0.25, 0.3) is 0 Å². The van der Waals surface area contributed by atoms with Crippen molar-refractivity contribution in [2.24, 2.45) is 0 Å². The van der Waals surface area contributed by atoms with E-state index in [1.807, 2.05) is 24.3 Å². The minimum atomic E-state index is -1.04. The van der Waals surface area contributed by atoms with E-state index in [4.69, 9.17) is 30.9 Å². The summed E-state index contributed by atoms with van der Waals surface area (Å²) in [4.78, 5) is 10.6. The van der Waals surface area contributed by atoms with Gasteiger partial charge in [0.2, 0.25) is 0 Å². The molecule has 138 valence electrons. The minimum Gasteiger partial charge on any atom is -0.493 e. The summed E-state index contributed by atoms with van der Waals surface area (Å²) in [5.41, 5.74) is 1.86. The van der Waals surface area contributed by atoms with Gasteiger partial charge in [-0.25, -0.2) is 4.79 Å². The van der Waals surface area contributed by atoms with E-state index in [1.54, 1.807) is 12.1 Å². The summed E-state index contributed by atoms with van der Waals surface area (Å²) in [5.74, 6) is 0.559. The minimum absolute atomic E-state index is 0.288. The van der Waals surface area contributed by atoms with Gasteiger partial charge in [-0.3, -0.25) is 0 Å². The van der Waals surface area contributed by atoms with Crippen LogP contribution in [0.25, 0.3) is 6.08 Å². The van der Waals surface area contributed by atoms with Crippen LogP contribution >= 0.6 is 11.6 Å². The van der Waals surface area contributed by atoms with Gasteiger partial charge in [0.1, 0.15) is 19.0 Å². The van der Waals surface area contributed by atoms with E-state index in [1.165, 1.54) is 18.7 Å². The number of hydrogen-bond acceptors (Lipinski definition) is 4. The zero-order chi connectivity index (χ0) is 18.9. The van der Waals surface area contributed by atoms with Crippen LogP contribution in [0.3, 0.4) is 0 Å². The molecule has 0 saturated carbocycles. The molecule has 2 rings (SSSR count). The van der Waals surface area contributed by atoms with Gasteiger partial charge in [0.15, 0.2) is 11.5 Å². The Kier molecular flexibility index (Phi) is 7.36. The number of methoxy groups -OCH3 is 1. The fraction of sp³-hybridized carbons (Fsp3) is 0.250. The summed E-state index contributed by atoms with van der Waals surface area (Å²) < 4.78 is 16.6. The second-order valence-corrected chi connectivity index (χ2v) is 5.81. The van der Waals surface area contributed by atoms with Gasteiger partial charge < -0.3 is 19.3 Å². The number of carboxylic acids is 1. The van der Waals surface area contributed by atoms with Crippen LogP contribution in [0.15, 0.2) is 42.5 Å². The molecule has 26 heavy (non-hydrogen) atoms. The fourth-order valence-electron chi connectivity index (χ4n) is 2.27. The quantitative estimate of drug-likeness (QED) is 0.516. The largest absolute Gasteiger partial charge is 0.493 e. The fourth-order valence-corrected chi connectivity index (χ4v) is 2.54. The zero-order valence-corrected chi connectivity index (χ0v) is 15.5. The number of halogens is 1. The monoisotopic (exact) mass is 376 g/mol. The van der Waals surface area contributed by atoms with Crippen LogP contribution in [0.5, 0.6) is 17.2 Å². The lowest BCUT2D eigenvalue weighted by molar-refractivity contribution is -0.131. The highest BCUT2D eigenvalue weighted by molar-refractivity contribution is 6.32. The molecule has 0 aliphatic heterocycles. The van der Waals surface area contributed by atoms with Crippen LogP contribution in [0.4, 0.5) is 0 Å². The van der Waals surface area contributed by atoms with Crippen molar-refractivity contribution in [1.29, 1.82) is 0 Å². The molecule has 0 fully saturated rings. The summed E-state index contributed by atoms with van der Waals surface area (Å²) in [7, 11) is 1.50. The summed E-state index contributed by atoms with van der Waals surface area (Å²) in [6.45, 7) is 2.74. The summed E-state index contributed by atoms with van der Waals surface area (Å²) in [6.07, 6.45) is 3.45.